The quantitative estimate of drug-likeness (QED) is 0.268. The van der Waals surface area contributed by atoms with E-state index in [4.69, 9.17) is 10.5 Å². The molecule has 4 N–H and O–H groups in total. The first-order valence-corrected chi connectivity index (χ1v) is 15.6. The Bertz CT molecular complexity index is 1460. The summed E-state index contributed by atoms with van der Waals surface area (Å²) in [5.74, 6) is -0.356. The normalized spacial score (nSPS) is 12.7. The molecule has 0 heterocycles. The van der Waals surface area contributed by atoms with E-state index in [0.717, 1.165) is 10.5 Å². The fourth-order valence-electron chi connectivity index (χ4n) is 4.20. The van der Waals surface area contributed by atoms with Gasteiger partial charge in [0.05, 0.1) is 17.6 Å². The molecule has 0 bridgehead atoms. The number of ether oxygens (including phenoxy) is 1. The van der Waals surface area contributed by atoms with Gasteiger partial charge in [-0.3, -0.25) is 9.59 Å². The summed E-state index contributed by atoms with van der Waals surface area (Å²) in [7, 11) is -2.28. The van der Waals surface area contributed by atoms with Gasteiger partial charge in [-0.05, 0) is 79.3 Å². The summed E-state index contributed by atoms with van der Waals surface area (Å²) < 4.78 is 33.7. The second-order valence-electron chi connectivity index (χ2n) is 11.2. The minimum absolute atomic E-state index is 0.00684. The molecule has 8 nitrogen and oxygen atoms in total. The van der Waals surface area contributed by atoms with Crippen LogP contribution < -0.4 is 20.5 Å². The standard InChI is InChI=1S/C31H39N3O5S2/c1-20(2)34-41(37,38)26-15-16-28(40-25-13-11-24(39-6)12-14-25)27(19-26)30(36)33-23(18-29(32)35)17-21-7-9-22(10-8-21)31(3,4)5/h7-16,19-20,23,34H,17-18H2,1-6H3,(H2,32,35)(H,33,36). The van der Waals surface area contributed by atoms with E-state index in [1.807, 2.05) is 36.4 Å². The molecule has 0 fully saturated rings. The maximum atomic E-state index is 13.7. The predicted octanol–water partition coefficient (Wildman–Crippen LogP) is 5.05. The first-order chi connectivity index (χ1) is 19.2. The van der Waals surface area contributed by atoms with E-state index in [1.54, 1.807) is 39.2 Å². The zero-order chi connectivity index (χ0) is 30.4. The highest BCUT2D eigenvalue weighted by atomic mass is 32.2. The molecule has 0 aromatic heterocycles. The molecule has 220 valence electrons. The van der Waals surface area contributed by atoms with E-state index in [2.05, 4.69) is 30.8 Å². The van der Waals surface area contributed by atoms with Crippen LogP contribution in [0, 0.1) is 0 Å². The van der Waals surface area contributed by atoms with Gasteiger partial charge in [-0.15, -0.1) is 0 Å². The summed E-state index contributed by atoms with van der Waals surface area (Å²) in [5, 5.41) is 2.93. The lowest BCUT2D eigenvalue weighted by Crippen LogP contribution is -2.39. The van der Waals surface area contributed by atoms with Gasteiger partial charge in [0, 0.05) is 28.3 Å². The highest BCUT2D eigenvalue weighted by Crippen LogP contribution is 2.33. The van der Waals surface area contributed by atoms with Crippen LogP contribution in [0.5, 0.6) is 5.75 Å². The van der Waals surface area contributed by atoms with Crippen LogP contribution in [0.4, 0.5) is 0 Å². The first-order valence-electron chi connectivity index (χ1n) is 13.3. The fourth-order valence-corrected chi connectivity index (χ4v) is 6.40. The van der Waals surface area contributed by atoms with Crippen LogP contribution in [0.25, 0.3) is 0 Å². The monoisotopic (exact) mass is 597 g/mol. The third kappa shape index (κ3) is 9.34. The van der Waals surface area contributed by atoms with Gasteiger partial charge >= 0.3 is 0 Å². The van der Waals surface area contributed by atoms with Crippen molar-refractivity contribution in [3.63, 3.8) is 0 Å². The summed E-state index contributed by atoms with van der Waals surface area (Å²) >= 11 is 1.32. The van der Waals surface area contributed by atoms with Crippen LogP contribution in [-0.2, 0) is 26.7 Å². The molecule has 10 heteroatoms. The van der Waals surface area contributed by atoms with Gasteiger partial charge in [-0.1, -0.05) is 56.8 Å². The molecule has 0 aliphatic heterocycles. The summed E-state index contributed by atoms with van der Waals surface area (Å²) in [4.78, 5) is 27.0. The van der Waals surface area contributed by atoms with Crippen molar-refractivity contribution in [1.29, 1.82) is 0 Å². The number of sulfonamides is 1. The Labute approximate surface area is 247 Å². The summed E-state index contributed by atoms with van der Waals surface area (Å²) in [6, 6.07) is 18.9. The van der Waals surface area contributed by atoms with Crippen molar-refractivity contribution in [1.82, 2.24) is 10.0 Å². The molecule has 0 aliphatic carbocycles. The summed E-state index contributed by atoms with van der Waals surface area (Å²) in [5.41, 5.74) is 7.81. The summed E-state index contributed by atoms with van der Waals surface area (Å²) in [6.07, 6.45) is 0.313. The lowest BCUT2D eigenvalue weighted by Gasteiger charge is -2.21. The molecule has 1 atom stereocenters. The topological polar surface area (TPSA) is 128 Å². The molecule has 3 aromatic carbocycles. The number of nitrogens with two attached hydrogens (primary N) is 1. The van der Waals surface area contributed by atoms with Crippen molar-refractivity contribution in [2.24, 2.45) is 5.73 Å². The Hall–Kier alpha value is -3.34. The number of amides is 2. The van der Waals surface area contributed by atoms with Gasteiger partial charge in [-0.2, -0.15) is 0 Å². The second kappa shape index (κ2) is 13.5. The van der Waals surface area contributed by atoms with Crippen LogP contribution in [0.1, 0.15) is 62.5 Å². The van der Waals surface area contributed by atoms with Gasteiger partial charge in [0.15, 0.2) is 0 Å². The molecule has 0 saturated carbocycles. The van der Waals surface area contributed by atoms with Crippen molar-refractivity contribution < 1.29 is 22.7 Å². The number of primary amides is 1. The molecule has 1 unspecified atom stereocenters. The van der Waals surface area contributed by atoms with Crippen molar-refractivity contribution in [3.8, 4) is 5.75 Å². The van der Waals surface area contributed by atoms with E-state index in [1.165, 1.54) is 29.5 Å². The number of benzene rings is 3. The van der Waals surface area contributed by atoms with Gasteiger partial charge in [-0.25, -0.2) is 13.1 Å². The van der Waals surface area contributed by atoms with Crippen LogP contribution in [0.15, 0.2) is 81.4 Å². The van der Waals surface area contributed by atoms with E-state index in [9.17, 15) is 18.0 Å². The third-order valence-electron chi connectivity index (χ3n) is 6.27. The molecule has 2 amide bonds. The van der Waals surface area contributed by atoms with Crippen molar-refractivity contribution in [2.45, 2.75) is 79.6 Å². The molecule has 0 saturated heterocycles. The SMILES string of the molecule is COc1ccc(Sc2ccc(S(=O)(=O)NC(C)C)cc2C(=O)NC(CC(N)=O)Cc2ccc(C(C)(C)C)cc2)cc1. The zero-order valence-electron chi connectivity index (χ0n) is 24.4. The van der Waals surface area contributed by atoms with Crippen molar-refractivity contribution in [3.05, 3.63) is 83.4 Å². The van der Waals surface area contributed by atoms with E-state index >= 15 is 0 Å². The molecular formula is C31H39N3O5S2. The maximum Gasteiger partial charge on any atom is 0.252 e. The van der Waals surface area contributed by atoms with E-state index in [-0.39, 0.29) is 28.3 Å². The van der Waals surface area contributed by atoms with Crippen LogP contribution in [-0.4, -0.2) is 39.4 Å². The molecule has 0 aliphatic rings. The highest BCUT2D eigenvalue weighted by molar-refractivity contribution is 7.99. The second-order valence-corrected chi connectivity index (χ2v) is 14.0. The van der Waals surface area contributed by atoms with Crippen LogP contribution in [0.2, 0.25) is 0 Å². The Morgan fingerprint density at radius 1 is 0.976 bits per heavy atom. The smallest absolute Gasteiger partial charge is 0.252 e. The minimum atomic E-state index is -3.86. The number of methoxy groups -OCH3 is 1. The van der Waals surface area contributed by atoms with Crippen molar-refractivity contribution >= 4 is 33.6 Å². The number of hydrogen-bond acceptors (Lipinski definition) is 6. The molecule has 41 heavy (non-hydrogen) atoms. The molecule has 0 radical (unpaired) electrons. The van der Waals surface area contributed by atoms with Gasteiger partial charge in [0.2, 0.25) is 15.9 Å². The van der Waals surface area contributed by atoms with Gasteiger partial charge in [0.1, 0.15) is 5.75 Å². The lowest BCUT2D eigenvalue weighted by molar-refractivity contribution is -0.118. The number of carbonyl (C=O) groups excluding carboxylic acids is 2. The van der Waals surface area contributed by atoms with E-state index < -0.39 is 27.9 Å². The number of carbonyl (C=O) groups is 2. The largest absolute Gasteiger partial charge is 0.497 e. The van der Waals surface area contributed by atoms with Gasteiger partial charge in [0.25, 0.3) is 5.91 Å². The third-order valence-corrected chi connectivity index (χ3v) is 9.01. The van der Waals surface area contributed by atoms with Crippen molar-refractivity contribution in [2.75, 3.05) is 7.11 Å². The average molecular weight is 598 g/mol. The molecular weight excluding hydrogens is 558 g/mol. The van der Waals surface area contributed by atoms with Crippen LogP contribution in [0.3, 0.4) is 0 Å². The Morgan fingerprint density at radius 3 is 2.15 bits per heavy atom. The first kappa shape index (κ1) is 32.2. The van der Waals surface area contributed by atoms with Gasteiger partial charge < -0.3 is 15.8 Å². The molecule has 0 spiro atoms. The number of nitrogens with one attached hydrogen (secondary N) is 2. The Morgan fingerprint density at radius 2 is 1.61 bits per heavy atom. The highest BCUT2D eigenvalue weighted by Gasteiger charge is 2.24. The molecule has 3 aromatic rings. The minimum Gasteiger partial charge on any atom is -0.497 e. The maximum absolute atomic E-state index is 13.7. The predicted molar refractivity (Wildman–Crippen MR) is 163 cm³/mol. The number of rotatable bonds is 12. The zero-order valence-corrected chi connectivity index (χ0v) is 26.0. The van der Waals surface area contributed by atoms with E-state index in [0.29, 0.717) is 17.1 Å². The lowest BCUT2D eigenvalue weighted by atomic mass is 9.86. The summed E-state index contributed by atoms with van der Waals surface area (Å²) in [6.45, 7) is 9.84. The molecule has 3 rings (SSSR count). The fraction of sp³-hybridized carbons (Fsp3) is 0.355. The van der Waals surface area contributed by atoms with Crippen LogP contribution >= 0.6 is 11.8 Å². The Balaban J connectivity index is 1.95. The number of hydrogen-bond donors (Lipinski definition) is 3. The average Bonchev–Trinajstić information content (AvgIpc) is 2.88. The Kier molecular flexibility index (Phi) is 10.6.